The normalized spacial score (nSPS) is 15.4. The predicted octanol–water partition coefficient (Wildman–Crippen LogP) is 2.88. The summed E-state index contributed by atoms with van der Waals surface area (Å²) in [6, 6.07) is 3.40. The largest absolute Gasteiger partial charge is 0.527 e. The number of alkyl halides is 4. The summed E-state index contributed by atoms with van der Waals surface area (Å²) in [4.78, 5) is 8.56. The monoisotopic (exact) mass is 380 g/mol. The molecular formula is C11H13F4O6PS. The summed E-state index contributed by atoms with van der Waals surface area (Å²) < 4.78 is 93.6. The van der Waals surface area contributed by atoms with Gasteiger partial charge in [0, 0.05) is 0 Å². The second kappa shape index (κ2) is 7.16. The standard InChI is InChI=1S/C11H13F4O6PS/c1-2-20-22(16,17)21-8-3-5-9(6-4-8)23(18,19)7-11(14,15)10(12)13/h3-6,10H,2,7H2,1H3,(H,16,17). The van der Waals surface area contributed by atoms with Gasteiger partial charge in [-0.15, -0.1) is 0 Å². The van der Waals surface area contributed by atoms with E-state index in [1.165, 1.54) is 6.92 Å². The molecule has 0 saturated heterocycles. The minimum absolute atomic E-state index is 0.122. The lowest BCUT2D eigenvalue weighted by Crippen LogP contribution is -2.35. The van der Waals surface area contributed by atoms with Crippen molar-refractivity contribution in [2.45, 2.75) is 24.2 Å². The Bertz CT molecular complexity index is 676. The second-order valence-electron chi connectivity index (χ2n) is 4.27. The molecule has 0 saturated carbocycles. The van der Waals surface area contributed by atoms with Gasteiger partial charge in [-0.05, 0) is 31.2 Å². The Labute approximate surface area is 129 Å². The van der Waals surface area contributed by atoms with E-state index in [0.717, 1.165) is 24.3 Å². The van der Waals surface area contributed by atoms with Crippen LogP contribution in [0.3, 0.4) is 0 Å². The Kier molecular flexibility index (Phi) is 6.19. The molecule has 0 heterocycles. The zero-order chi connectivity index (χ0) is 17.9. The Morgan fingerprint density at radius 3 is 2.22 bits per heavy atom. The summed E-state index contributed by atoms with van der Waals surface area (Å²) in [6.07, 6.45) is -4.12. The van der Waals surface area contributed by atoms with Gasteiger partial charge >= 0.3 is 20.2 Å². The maximum atomic E-state index is 12.9. The van der Waals surface area contributed by atoms with Crippen molar-refractivity contribution < 1.29 is 44.5 Å². The highest BCUT2D eigenvalue weighted by Crippen LogP contribution is 2.43. The maximum Gasteiger partial charge on any atom is 0.527 e. The fraction of sp³-hybridized carbons (Fsp3) is 0.455. The molecule has 0 aliphatic carbocycles. The van der Waals surface area contributed by atoms with E-state index < -0.39 is 40.7 Å². The molecule has 12 heteroatoms. The molecule has 0 fully saturated rings. The Balaban J connectivity index is 2.94. The van der Waals surface area contributed by atoms with Crippen molar-refractivity contribution in [3.8, 4) is 5.75 Å². The molecule has 6 nitrogen and oxygen atoms in total. The van der Waals surface area contributed by atoms with E-state index in [1.54, 1.807) is 0 Å². The van der Waals surface area contributed by atoms with Crippen LogP contribution in [0, 0.1) is 0 Å². The highest BCUT2D eigenvalue weighted by molar-refractivity contribution is 7.91. The highest BCUT2D eigenvalue weighted by atomic mass is 32.2. The quantitative estimate of drug-likeness (QED) is 0.551. The Morgan fingerprint density at radius 2 is 1.78 bits per heavy atom. The van der Waals surface area contributed by atoms with E-state index in [2.05, 4.69) is 9.05 Å². The van der Waals surface area contributed by atoms with E-state index in [1.807, 2.05) is 0 Å². The van der Waals surface area contributed by atoms with Gasteiger partial charge in [0.1, 0.15) is 11.5 Å². The van der Waals surface area contributed by atoms with Crippen LogP contribution in [0.1, 0.15) is 6.92 Å². The van der Waals surface area contributed by atoms with Gasteiger partial charge in [0.05, 0.1) is 11.5 Å². The van der Waals surface area contributed by atoms with E-state index in [0.29, 0.717) is 0 Å². The number of phosphoric ester groups is 1. The number of benzene rings is 1. The SMILES string of the molecule is CCOP(=O)(O)Oc1ccc(S(=O)(=O)CC(F)(F)C(F)F)cc1. The molecule has 1 N–H and O–H groups in total. The molecule has 23 heavy (non-hydrogen) atoms. The van der Waals surface area contributed by atoms with Crippen molar-refractivity contribution in [1.82, 2.24) is 0 Å². The average Bonchev–Trinajstić information content (AvgIpc) is 2.37. The second-order valence-corrected chi connectivity index (χ2v) is 7.64. The summed E-state index contributed by atoms with van der Waals surface area (Å²) in [5.74, 6) is -7.01. The van der Waals surface area contributed by atoms with Crippen LogP contribution >= 0.6 is 7.82 Å². The molecule has 1 aromatic rings. The number of sulfone groups is 1. The summed E-state index contributed by atoms with van der Waals surface area (Å²) in [7, 11) is -9.07. The van der Waals surface area contributed by atoms with Gasteiger partial charge in [-0.3, -0.25) is 9.42 Å². The molecule has 0 spiro atoms. The van der Waals surface area contributed by atoms with Gasteiger partial charge in [-0.2, -0.15) is 8.78 Å². The van der Waals surface area contributed by atoms with Crippen molar-refractivity contribution in [3.05, 3.63) is 24.3 Å². The molecule has 1 rings (SSSR count). The predicted molar refractivity (Wildman–Crippen MR) is 71.5 cm³/mol. The number of rotatable bonds is 8. The summed E-state index contributed by atoms with van der Waals surface area (Å²) >= 11 is 0. The van der Waals surface area contributed by atoms with Gasteiger partial charge in [0.2, 0.25) is 0 Å². The van der Waals surface area contributed by atoms with Crippen molar-refractivity contribution >= 4 is 17.7 Å². The number of hydrogen-bond donors (Lipinski definition) is 1. The van der Waals surface area contributed by atoms with Crippen LogP contribution in [-0.4, -0.2) is 38.0 Å². The van der Waals surface area contributed by atoms with Crippen molar-refractivity contribution in [2.24, 2.45) is 0 Å². The van der Waals surface area contributed by atoms with Crippen LogP contribution in [0.5, 0.6) is 5.75 Å². The third-order valence-electron chi connectivity index (χ3n) is 2.40. The molecule has 0 radical (unpaired) electrons. The first kappa shape index (κ1) is 19.9. The lowest BCUT2D eigenvalue weighted by molar-refractivity contribution is -0.110. The molecular weight excluding hydrogens is 367 g/mol. The fourth-order valence-electron chi connectivity index (χ4n) is 1.43. The van der Waals surface area contributed by atoms with Crippen LogP contribution in [0.15, 0.2) is 29.2 Å². The van der Waals surface area contributed by atoms with Gasteiger partial charge in [0.15, 0.2) is 9.84 Å². The molecule has 0 aromatic heterocycles. The molecule has 1 unspecified atom stereocenters. The van der Waals surface area contributed by atoms with Gasteiger partial charge in [-0.1, -0.05) is 0 Å². The number of hydrogen-bond acceptors (Lipinski definition) is 5. The van der Waals surface area contributed by atoms with E-state index in [9.17, 15) is 35.4 Å². The van der Waals surface area contributed by atoms with Crippen LogP contribution in [0.2, 0.25) is 0 Å². The Morgan fingerprint density at radius 1 is 1.26 bits per heavy atom. The first-order chi connectivity index (χ1) is 10.4. The van der Waals surface area contributed by atoms with Crippen LogP contribution in [-0.2, 0) is 18.9 Å². The summed E-state index contributed by atoms with van der Waals surface area (Å²) in [5.41, 5.74) is 0. The minimum Gasteiger partial charge on any atom is -0.404 e. The van der Waals surface area contributed by atoms with Gasteiger partial charge in [-0.25, -0.2) is 21.8 Å². The number of halogens is 4. The van der Waals surface area contributed by atoms with E-state index in [4.69, 9.17) is 0 Å². The molecule has 0 bridgehead atoms. The molecule has 132 valence electrons. The third-order valence-corrected chi connectivity index (χ3v) is 5.18. The van der Waals surface area contributed by atoms with Crippen LogP contribution in [0.4, 0.5) is 17.6 Å². The minimum atomic E-state index is -4.69. The molecule has 0 amide bonds. The molecule has 1 atom stereocenters. The third kappa shape index (κ3) is 5.76. The van der Waals surface area contributed by atoms with Crippen LogP contribution < -0.4 is 4.52 Å². The summed E-state index contributed by atoms with van der Waals surface area (Å²) in [6.45, 7) is 1.31. The molecule has 0 aliphatic heterocycles. The smallest absolute Gasteiger partial charge is 0.404 e. The van der Waals surface area contributed by atoms with Crippen molar-refractivity contribution in [3.63, 3.8) is 0 Å². The maximum absolute atomic E-state index is 12.9. The highest BCUT2D eigenvalue weighted by Gasteiger charge is 2.45. The van der Waals surface area contributed by atoms with Gasteiger partial charge < -0.3 is 4.52 Å². The van der Waals surface area contributed by atoms with Gasteiger partial charge in [0.25, 0.3) is 0 Å². The zero-order valence-corrected chi connectivity index (χ0v) is 13.4. The topological polar surface area (TPSA) is 89.9 Å². The zero-order valence-electron chi connectivity index (χ0n) is 11.7. The van der Waals surface area contributed by atoms with E-state index >= 15 is 0 Å². The lowest BCUT2D eigenvalue weighted by atomic mass is 10.3. The average molecular weight is 380 g/mol. The molecule has 0 aliphatic rings. The first-order valence-corrected chi connectivity index (χ1v) is 9.20. The first-order valence-electron chi connectivity index (χ1n) is 6.05. The van der Waals surface area contributed by atoms with E-state index in [-0.39, 0.29) is 12.4 Å². The molecule has 1 aromatic carbocycles. The summed E-state index contributed by atoms with van der Waals surface area (Å²) in [5, 5.41) is 0. The fourth-order valence-corrected chi connectivity index (χ4v) is 3.55. The van der Waals surface area contributed by atoms with Crippen molar-refractivity contribution in [2.75, 3.05) is 12.4 Å². The lowest BCUT2D eigenvalue weighted by Gasteiger charge is -2.15. The van der Waals surface area contributed by atoms with Crippen LogP contribution in [0.25, 0.3) is 0 Å². The number of phosphoric acid groups is 1. The van der Waals surface area contributed by atoms with Crippen molar-refractivity contribution in [1.29, 1.82) is 0 Å². The Hall–Kier alpha value is -1.16.